The number of hydrogen-bond acceptors (Lipinski definition) is 6. The SMILES string of the molecule is [2H]C#C[C@]1(COC(C)=O)OC(n2cc(C)c(=O)[nH]c2=O)C[C@H]1O. The maximum absolute atomic E-state index is 11.9. The van der Waals surface area contributed by atoms with Crippen molar-refractivity contribution in [3.8, 4) is 12.3 Å². The van der Waals surface area contributed by atoms with E-state index in [2.05, 4.69) is 10.9 Å². The molecule has 2 N–H and O–H groups in total. The molecule has 8 heteroatoms. The van der Waals surface area contributed by atoms with Gasteiger partial charge in [-0.05, 0) is 6.92 Å². The van der Waals surface area contributed by atoms with Crippen molar-refractivity contribution < 1.29 is 20.7 Å². The number of H-pyrrole nitrogens is 1. The molecule has 1 aromatic rings. The topological polar surface area (TPSA) is 111 Å². The number of aryl methyl sites for hydroxylation is 1. The third-order valence-electron chi connectivity index (χ3n) is 3.47. The summed E-state index contributed by atoms with van der Waals surface area (Å²) in [6, 6.07) is 0. The van der Waals surface area contributed by atoms with Gasteiger partial charge in [-0.2, -0.15) is 0 Å². The molecule has 0 radical (unpaired) electrons. The number of aromatic amines is 1. The van der Waals surface area contributed by atoms with Crippen LogP contribution in [0.3, 0.4) is 0 Å². The van der Waals surface area contributed by atoms with Crippen LogP contribution in [0.2, 0.25) is 0 Å². The molecule has 0 aliphatic carbocycles. The number of rotatable bonds is 3. The second kappa shape index (κ2) is 5.79. The van der Waals surface area contributed by atoms with Crippen LogP contribution in [-0.2, 0) is 14.3 Å². The predicted molar refractivity (Wildman–Crippen MR) is 75.0 cm³/mol. The summed E-state index contributed by atoms with van der Waals surface area (Å²) in [6.45, 7) is 2.34. The summed E-state index contributed by atoms with van der Waals surface area (Å²) in [4.78, 5) is 36.5. The van der Waals surface area contributed by atoms with Crippen molar-refractivity contribution in [3.63, 3.8) is 0 Å². The lowest BCUT2D eigenvalue weighted by molar-refractivity contribution is -0.154. The molecule has 2 rings (SSSR count). The molecule has 8 nitrogen and oxygen atoms in total. The van der Waals surface area contributed by atoms with Gasteiger partial charge in [0.25, 0.3) is 5.56 Å². The minimum absolute atomic E-state index is 0.0126. The van der Waals surface area contributed by atoms with Gasteiger partial charge in [0.15, 0.2) is 5.60 Å². The van der Waals surface area contributed by atoms with Crippen LogP contribution in [0.5, 0.6) is 0 Å². The molecule has 3 atom stereocenters. The average Bonchev–Trinajstić information content (AvgIpc) is 2.78. The fraction of sp³-hybridized carbons (Fsp3) is 0.500. The highest BCUT2D eigenvalue weighted by Gasteiger charge is 2.49. The van der Waals surface area contributed by atoms with Crippen molar-refractivity contribution >= 4 is 5.97 Å². The first-order valence-corrected chi connectivity index (χ1v) is 6.54. The van der Waals surface area contributed by atoms with Crippen LogP contribution in [0.15, 0.2) is 15.8 Å². The minimum Gasteiger partial charge on any atom is -0.462 e. The summed E-state index contributed by atoms with van der Waals surface area (Å²) in [7, 11) is 0. The van der Waals surface area contributed by atoms with Crippen LogP contribution in [0, 0.1) is 19.2 Å². The number of carbonyl (C=O) groups is 1. The highest BCUT2D eigenvalue weighted by Crippen LogP contribution is 2.36. The number of nitrogens with one attached hydrogen (secondary N) is 1. The van der Waals surface area contributed by atoms with Gasteiger partial charge in [0.2, 0.25) is 0 Å². The van der Waals surface area contributed by atoms with Crippen molar-refractivity contribution in [1.82, 2.24) is 9.55 Å². The van der Waals surface area contributed by atoms with Crippen molar-refractivity contribution in [2.24, 2.45) is 0 Å². The van der Waals surface area contributed by atoms with E-state index in [1.54, 1.807) is 0 Å². The average molecular weight is 309 g/mol. The second-order valence-corrected chi connectivity index (χ2v) is 5.10. The lowest BCUT2D eigenvalue weighted by Gasteiger charge is -2.25. The molecule has 1 aliphatic rings. The number of hydrogen-bond donors (Lipinski definition) is 2. The fourth-order valence-corrected chi connectivity index (χ4v) is 2.21. The number of carbonyl (C=O) groups excluding carboxylic acids is 1. The van der Waals surface area contributed by atoms with Crippen LogP contribution in [-0.4, -0.2) is 38.9 Å². The van der Waals surface area contributed by atoms with E-state index < -0.39 is 35.2 Å². The molecule has 0 amide bonds. The molecule has 1 aliphatic heterocycles. The van der Waals surface area contributed by atoms with E-state index >= 15 is 0 Å². The summed E-state index contributed by atoms with van der Waals surface area (Å²) in [6.07, 6.45) is 1.10. The third kappa shape index (κ3) is 2.81. The number of aliphatic hydroxyl groups excluding tert-OH is 1. The van der Waals surface area contributed by atoms with E-state index in [-0.39, 0.29) is 13.0 Å². The Bertz CT molecular complexity index is 789. The van der Waals surface area contributed by atoms with Gasteiger partial charge in [-0.1, -0.05) is 5.92 Å². The Morgan fingerprint density at radius 1 is 1.77 bits per heavy atom. The molecule has 0 spiro atoms. The summed E-state index contributed by atoms with van der Waals surface area (Å²) in [5.74, 6) is 1.80. The van der Waals surface area contributed by atoms with Crippen molar-refractivity contribution in [2.45, 2.75) is 38.2 Å². The summed E-state index contributed by atoms with van der Waals surface area (Å²) in [5, 5.41) is 10.2. The second-order valence-electron chi connectivity index (χ2n) is 5.10. The van der Waals surface area contributed by atoms with Gasteiger partial charge < -0.3 is 14.6 Å². The Balaban J connectivity index is 2.36. The number of nitrogens with zero attached hydrogens (tertiary/aromatic N) is 1. The maximum Gasteiger partial charge on any atom is 0.330 e. The molecular weight excluding hydrogens is 292 g/mol. The first kappa shape index (κ1) is 14.6. The first-order chi connectivity index (χ1) is 10.8. The van der Waals surface area contributed by atoms with Crippen LogP contribution >= 0.6 is 0 Å². The molecule has 2 heterocycles. The van der Waals surface area contributed by atoms with E-state index in [0.29, 0.717) is 5.56 Å². The highest BCUT2D eigenvalue weighted by molar-refractivity contribution is 5.66. The Labute approximate surface area is 127 Å². The lowest BCUT2D eigenvalue weighted by atomic mass is 9.99. The molecule has 1 saturated heterocycles. The van der Waals surface area contributed by atoms with E-state index in [4.69, 9.17) is 10.8 Å². The number of esters is 1. The Morgan fingerprint density at radius 3 is 3.14 bits per heavy atom. The summed E-state index contributed by atoms with van der Waals surface area (Å²) >= 11 is 0. The smallest absolute Gasteiger partial charge is 0.330 e. The van der Waals surface area contributed by atoms with Crippen LogP contribution in [0.1, 0.15) is 26.5 Å². The monoisotopic (exact) mass is 309 g/mol. The zero-order valence-corrected chi connectivity index (χ0v) is 12.1. The zero-order valence-electron chi connectivity index (χ0n) is 13.1. The number of ether oxygens (including phenoxy) is 2. The Hall–Kier alpha value is -2.37. The molecule has 0 saturated carbocycles. The lowest BCUT2D eigenvalue weighted by Crippen LogP contribution is -2.43. The van der Waals surface area contributed by atoms with Crippen molar-refractivity contribution in [2.75, 3.05) is 6.61 Å². The van der Waals surface area contributed by atoms with Gasteiger partial charge in [-0.3, -0.25) is 19.1 Å². The van der Waals surface area contributed by atoms with Gasteiger partial charge >= 0.3 is 11.7 Å². The van der Waals surface area contributed by atoms with E-state index in [9.17, 15) is 19.5 Å². The quantitative estimate of drug-likeness (QED) is 0.551. The van der Waals surface area contributed by atoms with Crippen LogP contribution in [0.4, 0.5) is 0 Å². The molecular formula is C14H16N2O6. The summed E-state index contributed by atoms with van der Waals surface area (Å²) in [5.41, 5.74) is -2.50. The minimum atomic E-state index is -1.60. The standard InChI is InChI=1S/C14H16N2O6/c1-4-14(7-21-9(3)17)10(18)5-11(22-14)16-6-8(2)12(19)15-13(16)20/h1,6,10-11,18H,5,7H2,2-3H3,(H,15,19,20)/t10-,11?,14-/m1/s1/i1D. The normalized spacial score (nSPS) is 27.7. The van der Waals surface area contributed by atoms with Gasteiger partial charge in [0.1, 0.15) is 20.3 Å². The van der Waals surface area contributed by atoms with Crippen LogP contribution in [0.25, 0.3) is 0 Å². The van der Waals surface area contributed by atoms with E-state index in [1.165, 1.54) is 20.0 Å². The Morgan fingerprint density at radius 2 is 2.50 bits per heavy atom. The number of aromatic nitrogens is 2. The van der Waals surface area contributed by atoms with Gasteiger partial charge in [-0.15, -0.1) is 6.40 Å². The largest absolute Gasteiger partial charge is 0.462 e. The van der Waals surface area contributed by atoms with Gasteiger partial charge in [0.05, 0.1) is 0 Å². The highest BCUT2D eigenvalue weighted by atomic mass is 16.6. The first-order valence-electron chi connectivity index (χ1n) is 7.04. The Kier molecular flexibility index (Phi) is 3.83. The van der Waals surface area contributed by atoms with Crippen LogP contribution < -0.4 is 11.2 Å². The molecule has 1 fully saturated rings. The van der Waals surface area contributed by atoms with E-state index in [0.717, 1.165) is 4.57 Å². The maximum atomic E-state index is 11.9. The fourth-order valence-electron chi connectivity index (χ4n) is 2.21. The zero-order chi connectivity index (χ0) is 17.2. The number of aliphatic hydroxyl groups is 1. The van der Waals surface area contributed by atoms with Crippen molar-refractivity contribution in [3.05, 3.63) is 32.6 Å². The molecule has 1 unspecified atom stereocenters. The van der Waals surface area contributed by atoms with Gasteiger partial charge in [0, 0.05) is 25.1 Å². The number of terminal acetylenes is 1. The third-order valence-corrected chi connectivity index (χ3v) is 3.47. The molecule has 118 valence electrons. The molecule has 0 bridgehead atoms. The van der Waals surface area contributed by atoms with Gasteiger partial charge in [-0.25, -0.2) is 4.79 Å². The summed E-state index contributed by atoms with van der Waals surface area (Å²) < 4.78 is 18.6. The van der Waals surface area contributed by atoms with E-state index in [1.807, 2.05) is 6.40 Å². The van der Waals surface area contributed by atoms with Crippen molar-refractivity contribution in [1.29, 1.82) is 0 Å². The molecule has 0 aromatic carbocycles. The predicted octanol–water partition coefficient (Wildman–Crippen LogP) is -0.940. The molecule has 1 aromatic heterocycles. The molecule has 22 heavy (non-hydrogen) atoms.